The Balaban J connectivity index is 2.68. The molecule has 1 rings (SSSR count). The van der Waals surface area contributed by atoms with Crippen molar-refractivity contribution < 1.29 is 9.84 Å². The molecular weight excluding hydrogens is 154 g/mol. The van der Waals surface area contributed by atoms with Crippen LogP contribution < -0.4 is 5.73 Å². The van der Waals surface area contributed by atoms with E-state index in [4.69, 9.17) is 15.6 Å². The van der Waals surface area contributed by atoms with Crippen molar-refractivity contribution in [1.82, 2.24) is 0 Å². The molecule has 0 fully saturated rings. The van der Waals surface area contributed by atoms with Crippen LogP contribution in [0.25, 0.3) is 0 Å². The molecule has 3 heteroatoms. The van der Waals surface area contributed by atoms with E-state index in [1.54, 1.807) is 31.4 Å². The highest BCUT2D eigenvalue weighted by Crippen LogP contribution is 2.14. The van der Waals surface area contributed by atoms with Crippen molar-refractivity contribution in [3.05, 3.63) is 29.8 Å². The van der Waals surface area contributed by atoms with Gasteiger partial charge in [-0.05, 0) is 17.7 Å². The number of phenolic OH excluding ortho intramolecular Hbond substituents is 1. The van der Waals surface area contributed by atoms with Crippen LogP contribution in [0.4, 0.5) is 0 Å². The monoisotopic (exact) mass is 167 g/mol. The lowest BCUT2D eigenvalue weighted by molar-refractivity contribution is 0.181. The van der Waals surface area contributed by atoms with Gasteiger partial charge in [0.25, 0.3) is 0 Å². The summed E-state index contributed by atoms with van der Waals surface area (Å²) in [5.74, 6) is 0.253. The molecule has 1 aromatic carbocycles. The third kappa shape index (κ3) is 2.22. The fourth-order valence-electron chi connectivity index (χ4n) is 0.997. The maximum Gasteiger partial charge on any atom is 0.115 e. The van der Waals surface area contributed by atoms with Crippen molar-refractivity contribution >= 4 is 0 Å². The van der Waals surface area contributed by atoms with E-state index in [0.717, 1.165) is 5.56 Å². The third-order valence-electron chi connectivity index (χ3n) is 1.67. The summed E-state index contributed by atoms with van der Waals surface area (Å²) in [6.45, 7) is 0.491. The average molecular weight is 167 g/mol. The molecule has 3 nitrogen and oxygen atoms in total. The number of hydrogen-bond donors (Lipinski definition) is 2. The molecule has 12 heavy (non-hydrogen) atoms. The van der Waals surface area contributed by atoms with E-state index in [1.165, 1.54) is 0 Å². The molecule has 1 atom stereocenters. The summed E-state index contributed by atoms with van der Waals surface area (Å²) in [5, 5.41) is 9.00. The minimum atomic E-state index is -0.115. The van der Waals surface area contributed by atoms with Gasteiger partial charge in [0.1, 0.15) is 5.75 Å². The Kier molecular flexibility index (Phi) is 3.08. The molecule has 0 spiro atoms. The first-order chi connectivity index (χ1) is 5.74. The van der Waals surface area contributed by atoms with Crippen LogP contribution in [0.3, 0.4) is 0 Å². The highest BCUT2D eigenvalue weighted by Gasteiger charge is 2.03. The molecule has 0 aliphatic carbocycles. The summed E-state index contributed by atoms with van der Waals surface area (Å²) in [6, 6.07) is 6.70. The number of methoxy groups -OCH3 is 1. The molecule has 66 valence electrons. The van der Waals surface area contributed by atoms with Crippen molar-refractivity contribution in [3.63, 3.8) is 0 Å². The van der Waals surface area contributed by atoms with E-state index < -0.39 is 0 Å². The molecule has 1 aromatic rings. The van der Waals surface area contributed by atoms with Gasteiger partial charge in [0.15, 0.2) is 0 Å². The normalized spacial score (nSPS) is 12.8. The molecule has 0 saturated heterocycles. The van der Waals surface area contributed by atoms with Gasteiger partial charge in [-0.25, -0.2) is 0 Å². The van der Waals surface area contributed by atoms with E-state index in [0.29, 0.717) is 6.61 Å². The molecule has 0 aliphatic rings. The molecule has 0 aliphatic heterocycles. The molecule has 3 N–H and O–H groups in total. The number of hydrogen-bond acceptors (Lipinski definition) is 3. The smallest absolute Gasteiger partial charge is 0.115 e. The first-order valence-electron chi connectivity index (χ1n) is 3.77. The van der Waals surface area contributed by atoms with Crippen LogP contribution in [0.5, 0.6) is 5.75 Å². The summed E-state index contributed by atoms with van der Waals surface area (Å²) < 4.78 is 4.90. The van der Waals surface area contributed by atoms with Gasteiger partial charge in [0.2, 0.25) is 0 Å². The highest BCUT2D eigenvalue weighted by molar-refractivity contribution is 5.27. The Morgan fingerprint density at radius 1 is 1.42 bits per heavy atom. The fraction of sp³-hybridized carbons (Fsp3) is 0.333. The van der Waals surface area contributed by atoms with Crippen molar-refractivity contribution in [2.75, 3.05) is 13.7 Å². The largest absolute Gasteiger partial charge is 0.508 e. The van der Waals surface area contributed by atoms with Gasteiger partial charge >= 0.3 is 0 Å². The van der Waals surface area contributed by atoms with Gasteiger partial charge in [0.05, 0.1) is 12.6 Å². The standard InChI is InChI=1S/C9H13NO2/c1-12-6-9(10)7-2-4-8(11)5-3-7/h2-5,9,11H,6,10H2,1H3/t9-/m1/s1. The Hall–Kier alpha value is -1.06. The number of nitrogens with two attached hydrogens (primary N) is 1. The van der Waals surface area contributed by atoms with Crippen LogP contribution in [0.1, 0.15) is 11.6 Å². The summed E-state index contributed by atoms with van der Waals surface area (Å²) in [4.78, 5) is 0. The van der Waals surface area contributed by atoms with Crippen LogP contribution in [0.2, 0.25) is 0 Å². The SMILES string of the molecule is COC[C@@H](N)c1ccc(O)cc1. The summed E-state index contributed by atoms with van der Waals surface area (Å²) >= 11 is 0. The fourth-order valence-corrected chi connectivity index (χ4v) is 0.997. The minimum absolute atomic E-state index is 0.115. The number of benzene rings is 1. The molecule has 0 saturated carbocycles. The number of aromatic hydroxyl groups is 1. The Labute approximate surface area is 71.8 Å². The number of phenols is 1. The molecule has 0 aromatic heterocycles. The lowest BCUT2D eigenvalue weighted by Crippen LogP contribution is -2.15. The predicted octanol–water partition coefficient (Wildman–Crippen LogP) is 1.04. The van der Waals surface area contributed by atoms with E-state index in [9.17, 15) is 0 Å². The quantitative estimate of drug-likeness (QED) is 0.707. The lowest BCUT2D eigenvalue weighted by Gasteiger charge is -2.09. The van der Waals surface area contributed by atoms with Crippen LogP contribution >= 0.6 is 0 Å². The molecular formula is C9H13NO2. The zero-order valence-electron chi connectivity index (χ0n) is 7.03. The van der Waals surface area contributed by atoms with E-state index in [2.05, 4.69) is 0 Å². The van der Waals surface area contributed by atoms with Crippen LogP contribution in [0, 0.1) is 0 Å². The molecule has 0 unspecified atom stereocenters. The van der Waals surface area contributed by atoms with Crippen LogP contribution in [-0.4, -0.2) is 18.8 Å². The summed E-state index contributed by atoms with van der Waals surface area (Å²) in [6.07, 6.45) is 0. The second kappa shape index (κ2) is 4.09. The van der Waals surface area contributed by atoms with Crippen molar-refractivity contribution in [2.24, 2.45) is 5.73 Å². The topological polar surface area (TPSA) is 55.5 Å². The van der Waals surface area contributed by atoms with Crippen molar-refractivity contribution in [3.8, 4) is 5.75 Å². The van der Waals surface area contributed by atoms with Crippen molar-refractivity contribution in [2.45, 2.75) is 6.04 Å². The van der Waals surface area contributed by atoms with Crippen LogP contribution in [0.15, 0.2) is 24.3 Å². The lowest BCUT2D eigenvalue weighted by atomic mass is 10.1. The van der Waals surface area contributed by atoms with E-state index in [1.807, 2.05) is 0 Å². The minimum Gasteiger partial charge on any atom is -0.508 e. The maximum atomic E-state index is 9.00. The first-order valence-corrected chi connectivity index (χ1v) is 3.77. The van der Waals surface area contributed by atoms with Crippen LogP contribution in [-0.2, 0) is 4.74 Å². The zero-order valence-corrected chi connectivity index (χ0v) is 7.03. The van der Waals surface area contributed by atoms with E-state index >= 15 is 0 Å². The van der Waals surface area contributed by atoms with Gasteiger partial charge in [-0.1, -0.05) is 12.1 Å². The average Bonchev–Trinajstić information content (AvgIpc) is 2.06. The Morgan fingerprint density at radius 3 is 2.50 bits per heavy atom. The Morgan fingerprint density at radius 2 is 2.00 bits per heavy atom. The van der Waals surface area contributed by atoms with E-state index in [-0.39, 0.29) is 11.8 Å². The molecule has 0 bridgehead atoms. The number of ether oxygens (including phenoxy) is 1. The Bertz CT molecular complexity index is 233. The first kappa shape index (κ1) is 9.03. The second-order valence-corrected chi connectivity index (χ2v) is 2.65. The van der Waals surface area contributed by atoms with Gasteiger partial charge in [0, 0.05) is 7.11 Å². The second-order valence-electron chi connectivity index (χ2n) is 2.65. The third-order valence-corrected chi connectivity index (χ3v) is 1.67. The van der Waals surface area contributed by atoms with Gasteiger partial charge in [-0.15, -0.1) is 0 Å². The van der Waals surface area contributed by atoms with Gasteiger partial charge in [-0.3, -0.25) is 0 Å². The summed E-state index contributed by atoms with van der Waals surface area (Å²) in [5.41, 5.74) is 6.72. The zero-order chi connectivity index (χ0) is 8.97. The number of rotatable bonds is 3. The highest BCUT2D eigenvalue weighted by atomic mass is 16.5. The van der Waals surface area contributed by atoms with Gasteiger partial charge in [-0.2, -0.15) is 0 Å². The van der Waals surface area contributed by atoms with Gasteiger partial charge < -0.3 is 15.6 Å². The maximum absolute atomic E-state index is 9.00. The molecule has 0 amide bonds. The summed E-state index contributed by atoms with van der Waals surface area (Å²) in [7, 11) is 1.61. The molecule has 0 heterocycles. The van der Waals surface area contributed by atoms with Crippen molar-refractivity contribution in [1.29, 1.82) is 0 Å². The predicted molar refractivity (Wildman–Crippen MR) is 46.9 cm³/mol. The molecule has 0 radical (unpaired) electrons.